The molecule has 0 saturated carbocycles. The van der Waals surface area contributed by atoms with Crippen LogP contribution in [-0.4, -0.2) is 27.1 Å². The number of nitro groups is 1. The van der Waals surface area contributed by atoms with Crippen LogP contribution in [0.2, 0.25) is 0 Å². The normalized spacial score (nSPS) is 10.5. The van der Waals surface area contributed by atoms with Crippen molar-refractivity contribution in [2.24, 2.45) is 5.10 Å². The van der Waals surface area contributed by atoms with Crippen LogP contribution in [0.4, 0.5) is 5.69 Å². The second-order valence-electron chi connectivity index (χ2n) is 3.89. The first-order chi connectivity index (χ1) is 10.1. The average Bonchev–Trinajstić information content (AvgIpc) is 2.49. The number of nitrogens with zero attached hydrogens (tertiary/aromatic N) is 3. The van der Waals surface area contributed by atoms with Crippen LogP contribution < -0.4 is 5.43 Å². The van der Waals surface area contributed by atoms with E-state index < -0.39 is 22.3 Å². The van der Waals surface area contributed by atoms with Gasteiger partial charge in [-0.15, -0.1) is 0 Å². The lowest BCUT2D eigenvalue weighted by molar-refractivity contribution is -0.385. The van der Waals surface area contributed by atoms with Crippen LogP contribution in [0.3, 0.4) is 0 Å². The summed E-state index contributed by atoms with van der Waals surface area (Å²) in [7, 11) is 0. The zero-order chi connectivity index (χ0) is 15.2. The van der Waals surface area contributed by atoms with Crippen LogP contribution in [-0.2, 0) is 0 Å². The molecule has 106 valence electrons. The number of hydrogen-bond acceptors (Lipinski definition) is 6. The van der Waals surface area contributed by atoms with Crippen molar-refractivity contribution in [3.05, 3.63) is 64.0 Å². The molecule has 0 aliphatic rings. The van der Waals surface area contributed by atoms with Gasteiger partial charge in [-0.1, -0.05) is 12.1 Å². The minimum atomic E-state index is -0.709. The number of nitrogens with one attached hydrogen (secondary N) is 1. The Morgan fingerprint density at radius 3 is 2.81 bits per heavy atom. The van der Waals surface area contributed by atoms with Crippen LogP contribution in [0.1, 0.15) is 16.1 Å². The predicted octanol–water partition coefficient (Wildman–Crippen LogP) is 1.46. The number of rotatable bonds is 4. The lowest BCUT2D eigenvalue weighted by Gasteiger charge is -2.00. The van der Waals surface area contributed by atoms with Gasteiger partial charge in [0, 0.05) is 17.8 Å². The van der Waals surface area contributed by atoms with Crippen molar-refractivity contribution in [1.82, 2.24) is 10.4 Å². The number of benzene rings is 1. The fourth-order valence-electron chi connectivity index (χ4n) is 1.51. The summed E-state index contributed by atoms with van der Waals surface area (Å²) in [5.41, 5.74) is 2.07. The molecule has 0 atom stereocenters. The minimum Gasteiger partial charge on any atom is -0.502 e. The molecule has 2 N–H and O–H groups in total. The standard InChI is InChI=1S/C13H10N4O4/c18-12-9(4-3-6-11(12)17(20)21)8-15-16-13(19)10-5-1-2-7-14-10/h1-8,18H,(H,16,19). The number of nitro benzene ring substituents is 1. The summed E-state index contributed by atoms with van der Waals surface area (Å²) in [6, 6.07) is 8.83. The number of amides is 1. The monoisotopic (exact) mass is 286 g/mol. The number of pyridine rings is 1. The summed E-state index contributed by atoms with van der Waals surface area (Å²) in [6.07, 6.45) is 2.58. The third kappa shape index (κ3) is 3.38. The molecule has 0 aliphatic heterocycles. The molecular weight excluding hydrogens is 276 g/mol. The summed E-state index contributed by atoms with van der Waals surface area (Å²) in [6.45, 7) is 0. The van der Waals surface area contributed by atoms with Gasteiger partial charge in [-0.2, -0.15) is 5.10 Å². The SMILES string of the molecule is O=C(NN=Cc1cccc([N+](=O)[O-])c1O)c1ccccn1. The maximum atomic E-state index is 11.6. The molecule has 1 aromatic heterocycles. The molecular formula is C13H10N4O4. The molecule has 2 rings (SSSR count). The van der Waals surface area contributed by atoms with Gasteiger partial charge in [0.2, 0.25) is 5.75 Å². The zero-order valence-corrected chi connectivity index (χ0v) is 10.6. The van der Waals surface area contributed by atoms with E-state index in [1.807, 2.05) is 0 Å². The molecule has 0 saturated heterocycles. The van der Waals surface area contributed by atoms with E-state index in [0.29, 0.717) is 0 Å². The van der Waals surface area contributed by atoms with E-state index in [4.69, 9.17) is 0 Å². The smallest absolute Gasteiger partial charge is 0.311 e. The topological polar surface area (TPSA) is 118 Å². The molecule has 1 heterocycles. The number of hydrogen-bond donors (Lipinski definition) is 2. The highest BCUT2D eigenvalue weighted by Crippen LogP contribution is 2.27. The van der Waals surface area contributed by atoms with Crippen molar-refractivity contribution in [1.29, 1.82) is 0 Å². The van der Waals surface area contributed by atoms with Crippen molar-refractivity contribution >= 4 is 17.8 Å². The van der Waals surface area contributed by atoms with Crippen LogP contribution in [0, 0.1) is 10.1 Å². The van der Waals surface area contributed by atoms with Crippen LogP contribution in [0.5, 0.6) is 5.75 Å². The van der Waals surface area contributed by atoms with Crippen molar-refractivity contribution in [2.75, 3.05) is 0 Å². The number of aromatic hydroxyl groups is 1. The van der Waals surface area contributed by atoms with E-state index >= 15 is 0 Å². The van der Waals surface area contributed by atoms with Gasteiger partial charge in [-0.3, -0.25) is 19.9 Å². The number of carbonyl (C=O) groups is 1. The zero-order valence-electron chi connectivity index (χ0n) is 10.6. The van der Waals surface area contributed by atoms with E-state index in [2.05, 4.69) is 15.5 Å². The number of aromatic nitrogens is 1. The minimum absolute atomic E-state index is 0.116. The van der Waals surface area contributed by atoms with E-state index in [-0.39, 0.29) is 11.3 Å². The first-order valence-corrected chi connectivity index (χ1v) is 5.80. The summed E-state index contributed by atoms with van der Waals surface area (Å²) in [5, 5.41) is 24.0. The largest absolute Gasteiger partial charge is 0.502 e. The van der Waals surface area contributed by atoms with Gasteiger partial charge in [0.15, 0.2) is 0 Å². The van der Waals surface area contributed by atoms with E-state index in [1.165, 1.54) is 30.5 Å². The van der Waals surface area contributed by atoms with Crippen LogP contribution in [0.15, 0.2) is 47.7 Å². The highest BCUT2D eigenvalue weighted by atomic mass is 16.6. The third-order valence-corrected chi connectivity index (χ3v) is 2.51. The lowest BCUT2D eigenvalue weighted by atomic mass is 10.2. The molecule has 8 heteroatoms. The highest BCUT2D eigenvalue weighted by Gasteiger charge is 2.15. The summed E-state index contributed by atoms with van der Waals surface area (Å²) in [5.74, 6) is -1.05. The Morgan fingerprint density at radius 1 is 1.33 bits per heavy atom. The first-order valence-electron chi connectivity index (χ1n) is 5.80. The summed E-state index contributed by atoms with van der Waals surface area (Å²) in [4.78, 5) is 25.4. The fourth-order valence-corrected chi connectivity index (χ4v) is 1.51. The third-order valence-electron chi connectivity index (χ3n) is 2.51. The van der Waals surface area contributed by atoms with E-state index in [1.54, 1.807) is 12.1 Å². The molecule has 0 aliphatic carbocycles. The number of hydrazone groups is 1. The molecule has 1 aromatic carbocycles. The molecule has 0 spiro atoms. The van der Waals surface area contributed by atoms with Gasteiger partial charge >= 0.3 is 5.69 Å². The number of phenolic OH excluding ortho intramolecular Hbond substituents is 1. The van der Waals surface area contributed by atoms with Gasteiger partial charge < -0.3 is 5.11 Å². The first kappa shape index (κ1) is 14.1. The molecule has 2 aromatic rings. The molecule has 1 amide bonds. The van der Waals surface area contributed by atoms with Gasteiger partial charge in [-0.05, 0) is 18.2 Å². The number of carbonyl (C=O) groups excluding carboxylic acids is 1. The molecule has 0 bridgehead atoms. The Morgan fingerprint density at radius 2 is 2.14 bits per heavy atom. The van der Waals surface area contributed by atoms with Crippen molar-refractivity contribution in [3.8, 4) is 5.75 Å². The van der Waals surface area contributed by atoms with Crippen molar-refractivity contribution in [3.63, 3.8) is 0 Å². The second kappa shape index (κ2) is 6.24. The van der Waals surface area contributed by atoms with Crippen LogP contribution in [0.25, 0.3) is 0 Å². The molecule has 8 nitrogen and oxygen atoms in total. The molecule has 0 radical (unpaired) electrons. The fraction of sp³-hybridized carbons (Fsp3) is 0. The van der Waals surface area contributed by atoms with Gasteiger partial charge in [0.25, 0.3) is 5.91 Å². The number of phenols is 1. The van der Waals surface area contributed by atoms with Crippen molar-refractivity contribution in [2.45, 2.75) is 0 Å². The maximum absolute atomic E-state index is 11.6. The average molecular weight is 286 g/mol. The summed E-state index contributed by atoms with van der Waals surface area (Å²) >= 11 is 0. The Labute approximate surface area is 118 Å². The predicted molar refractivity (Wildman–Crippen MR) is 74.1 cm³/mol. The Hall–Kier alpha value is -3.29. The maximum Gasteiger partial charge on any atom is 0.311 e. The Balaban J connectivity index is 2.10. The van der Waals surface area contributed by atoms with Gasteiger partial charge in [0.1, 0.15) is 5.69 Å². The second-order valence-corrected chi connectivity index (χ2v) is 3.89. The van der Waals surface area contributed by atoms with Crippen molar-refractivity contribution < 1.29 is 14.8 Å². The molecule has 0 fully saturated rings. The van der Waals surface area contributed by atoms with Crippen LogP contribution >= 0.6 is 0 Å². The number of para-hydroxylation sites is 1. The van der Waals surface area contributed by atoms with E-state index in [9.17, 15) is 20.0 Å². The highest BCUT2D eigenvalue weighted by molar-refractivity contribution is 5.93. The quantitative estimate of drug-likeness (QED) is 0.501. The molecule has 21 heavy (non-hydrogen) atoms. The molecule has 0 unspecified atom stereocenters. The lowest BCUT2D eigenvalue weighted by Crippen LogP contribution is -2.18. The Bertz CT molecular complexity index is 701. The Kier molecular flexibility index (Phi) is 4.20. The van der Waals surface area contributed by atoms with Gasteiger partial charge in [-0.25, -0.2) is 5.43 Å². The summed E-state index contributed by atoms with van der Waals surface area (Å²) < 4.78 is 0. The van der Waals surface area contributed by atoms with E-state index in [0.717, 1.165) is 6.21 Å². The van der Waals surface area contributed by atoms with Gasteiger partial charge in [0.05, 0.1) is 11.1 Å².